The van der Waals surface area contributed by atoms with Crippen molar-refractivity contribution in [2.75, 3.05) is 11.9 Å². The van der Waals surface area contributed by atoms with Crippen molar-refractivity contribution < 1.29 is 19.1 Å². The summed E-state index contributed by atoms with van der Waals surface area (Å²) in [5, 5.41) is 5.30. The second-order valence-electron chi connectivity index (χ2n) is 5.72. The molecule has 0 aromatic carbocycles. The van der Waals surface area contributed by atoms with Crippen LogP contribution in [-0.2, 0) is 19.1 Å². The van der Waals surface area contributed by atoms with E-state index in [4.69, 9.17) is 16.3 Å². The van der Waals surface area contributed by atoms with Crippen LogP contribution in [0.1, 0.15) is 32.6 Å². The number of nitrogens with zero attached hydrogens (tertiary/aromatic N) is 1. The molecule has 0 saturated heterocycles. The third-order valence-corrected chi connectivity index (χ3v) is 4.16. The summed E-state index contributed by atoms with van der Waals surface area (Å²) in [4.78, 5) is 39.3. The third kappa shape index (κ3) is 5.19. The molecule has 1 fully saturated rings. The lowest BCUT2D eigenvalue weighted by molar-refractivity contribution is -0.152. The van der Waals surface area contributed by atoms with E-state index in [2.05, 4.69) is 15.6 Å². The minimum atomic E-state index is -0.709. The molecule has 0 aliphatic heterocycles. The van der Waals surface area contributed by atoms with E-state index < -0.39 is 24.5 Å². The number of nitrogens with one attached hydrogen (secondary N) is 2. The summed E-state index contributed by atoms with van der Waals surface area (Å²) < 4.78 is 5.06. The standard InChI is InChI=1S/C16H20ClN3O4/c1-10(21)19-14(11-5-2-3-6-11)16(23)24-9-13(22)20-12-7-4-8-18-15(12)17/h4,7-8,11,14H,2-3,5-6,9H2,1H3,(H,19,21)(H,20,22). The Kier molecular flexibility index (Phi) is 6.54. The number of hydrogen-bond acceptors (Lipinski definition) is 5. The fourth-order valence-corrected chi connectivity index (χ4v) is 2.94. The van der Waals surface area contributed by atoms with Gasteiger partial charge in [-0.15, -0.1) is 0 Å². The van der Waals surface area contributed by atoms with Crippen molar-refractivity contribution in [3.05, 3.63) is 23.5 Å². The first-order valence-corrected chi connectivity index (χ1v) is 8.19. The Morgan fingerprint density at radius 1 is 1.38 bits per heavy atom. The maximum absolute atomic E-state index is 12.2. The number of esters is 1. The summed E-state index contributed by atoms with van der Waals surface area (Å²) in [5.74, 6) is -1.36. The number of amides is 2. The molecule has 8 heteroatoms. The highest BCUT2D eigenvalue weighted by atomic mass is 35.5. The van der Waals surface area contributed by atoms with Gasteiger partial charge in [-0.25, -0.2) is 9.78 Å². The maximum atomic E-state index is 12.2. The number of anilines is 1. The van der Waals surface area contributed by atoms with Crippen LogP contribution < -0.4 is 10.6 Å². The molecule has 0 radical (unpaired) electrons. The van der Waals surface area contributed by atoms with Crippen molar-refractivity contribution in [3.8, 4) is 0 Å². The molecule has 130 valence electrons. The van der Waals surface area contributed by atoms with Crippen molar-refractivity contribution in [2.24, 2.45) is 5.92 Å². The fourth-order valence-electron chi connectivity index (χ4n) is 2.77. The maximum Gasteiger partial charge on any atom is 0.329 e. The van der Waals surface area contributed by atoms with Crippen LogP contribution in [0.5, 0.6) is 0 Å². The van der Waals surface area contributed by atoms with Crippen molar-refractivity contribution in [1.82, 2.24) is 10.3 Å². The number of carbonyl (C=O) groups excluding carboxylic acids is 3. The van der Waals surface area contributed by atoms with Gasteiger partial charge in [0.25, 0.3) is 5.91 Å². The van der Waals surface area contributed by atoms with Gasteiger partial charge in [0.1, 0.15) is 6.04 Å². The summed E-state index contributed by atoms with van der Waals surface area (Å²) in [6.45, 7) is 0.902. The van der Waals surface area contributed by atoms with Crippen LogP contribution in [0.15, 0.2) is 18.3 Å². The Hall–Kier alpha value is -2.15. The van der Waals surface area contributed by atoms with Gasteiger partial charge in [0.05, 0.1) is 5.69 Å². The van der Waals surface area contributed by atoms with Gasteiger partial charge >= 0.3 is 5.97 Å². The SMILES string of the molecule is CC(=O)NC(C(=O)OCC(=O)Nc1cccnc1Cl)C1CCCC1. The van der Waals surface area contributed by atoms with Crippen molar-refractivity contribution in [2.45, 2.75) is 38.6 Å². The number of hydrogen-bond donors (Lipinski definition) is 2. The normalized spacial score (nSPS) is 15.6. The molecule has 2 amide bonds. The van der Waals surface area contributed by atoms with E-state index in [1.807, 2.05) is 0 Å². The zero-order valence-electron chi connectivity index (χ0n) is 13.4. The molecule has 1 unspecified atom stereocenters. The van der Waals surface area contributed by atoms with Gasteiger partial charge in [0, 0.05) is 13.1 Å². The van der Waals surface area contributed by atoms with Gasteiger partial charge in [-0.05, 0) is 30.9 Å². The van der Waals surface area contributed by atoms with Crippen LogP contribution in [0.25, 0.3) is 0 Å². The Morgan fingerprint density at radius 2 is 2.08 bits per heavy atom. The summed E-state index contributed by atoms with van der Waals surface area (Å²) in [7, 11) is 0. The van der Waals surface area contributed by atoms with Gasteiger partial charge in [-0.3, -0.25) is 9.59 Å². The number of pyridine rings is 1. The van der Waals surface area contributed by atoms with E-state index in [9.17, 15) is 14.4 Å². The van der Waals surface area contributed by atoms with Crippen LogP contribution in [0, 0.1) is 5.92 Å². The quantitative estimate of drug-likeness (QED) is 0.601. The van der Waals surface area contributed by atoms with E-state index in [0.717, 1.165) is 25.7 Å². The molecule has 24 heavy (non-hydrogen) atoms. The molecule has 1 heterocycles. The van der Waals surface area contributed by atoms with Crippen LogP contribution in [0.2, 0.25) is 5.15 Å². The number of rotatable bonds is 6. The topological polar surface area (TPSA) is 97.4 Å². The largest absolute Gasteiger partial charge is 0.454 e. The first-order chi connectivity index (χ1) is 11.5. The fraction of sp³-hybridized carbons (Fsp3) is 0.500. The summed E-state index contributed by atoms with van der Waals surface area (Å²) in [6.07, 6.45) is 5.26. The molecule has 7 nitrogen and oxygen atoms in total. The Morgan fingerprint density at radius 3 is 2.71 bits per heavy atom. The van der Waals surface area contributed by atoms with Crippen LogP contribution in [-0.4, -0.2) is 35.4 Å². The van der Waals surface area contributed by atoms with Gasteiger partial charge < -0.3 is 15.4 Å². The first kappa shape index (κ1) is 18.2. The summed E-state index contributed by atoms with van der Waals surface area (Å²) >= 11 is 5.84. The lowest BCUT2D eigenvalue weighted by Crippen LogP contribution is -2.46. The average Bonchev–Trinajstić information content (AvgIpc) is 3.06. The molecule has 1 aliphatic rings. The molecule has 0 spiro atoms. The summed E-state index contributed by atoms with van der Waals surface area (Å²) in [6, 6.07) is 2.51. The molecule has 1 atom stereocenters. The molecule has 1 aliphatic carbocycles. The highest BCUT2D eigenvalue weighted by Crippen LogP contribution is 2.28. The van der Waals surface area contributed by atoms with E-state index in [1.165, 1.54) is 13.1 Å². The summed E-state index contributed by atoms with van der Waals surface area (Å²) in [5.41, 5.74) is 0.342. The molecule has 2 rings (SSSR count). The molecular formula is C16H20ClN3O4. The Labute approximate surface area is 145 Å². The minimum Gasteiger partial charge on any atom is -0.454 e. The zero-order chi connectivity index (χ0) is 17.5. The number of halogens is 1. The predicted octanol–water partition coefficient (Wildman–Crippen LogP) is 1.91. The van der Waals surface area contributed by atoms with Gasteiger partial charge in [-0.2, -0.15) is 0 Å². The molecule has 1 aromatic rings. The predicted molar refractivity (Wildman–Crippen MR) is 88.4 cm³/mol. The number of aromatic nitrogens is 1. The molecule has 0 bridgehead atoms. The lowest BCUT2D eigenvalue weighted by Gasteiger charge is -2.22. The minimum absolute atomic E-state index is 0.0530. The Balaban J connectivity index is 1.88. The van der Waals surface area contributed by atoms with Gasteiger partial charge in [0.2, 0.25) is 5.91 Å². The van der Waals surface area contributed by atoms with Gasteiger partial charge in [0.15, 0.2) is 11.8 Å². The second-order valence-corrected chi connectivity index (χ2v) is 6.08. The molecule has 2 N–H and O–H groups in total. The first-order valence-electron chi connectivity index (χ1n) is 7.81. The molecule has 1 saturated carbocycles. The van der Waals surface area contributed by atoms with E-state index >= 15 is 0 Å². The van der Waals surface area contributed by atoms with Crippen LogP contribution in [0.4, 0.5) is 5.69 Å². The van der Waals surface area contributed by atoms with Crippen LogP contribution >= 0.6 is 11.6 Å². The van der Waals surface area contributed by atoms with E-state index in [1.54, 1.807) is 12.1 Å². The van der Waals surface area contributed by atoms with E-state index in [-0.39, 0.29) is 17.0 Å². The van der Waals surface area contributed by atoms with Gasteiger partial charge in [-0.1, -0.05) is 24.4 Å². The van der Waals surface area contributed by atoms with Crippen molar-refractivity contribution in [1.29, 1.82) is 0 Å². The zero-order valence-corrected chi connectivity index (χ0v) is 14.1. The van der Waals surface area contributed by atoms with Crippen LogP contribution in [0.3, 0.4) is 0 Å². The second kappa shape index (κ2) is 8.63. The highest BCUT2D eigenvalue weighted by Gasteiger charge is 2.32. The molecule has 1 aromatic heterocycles. The smallest absolute Gasteiger partial charge is 0.329 e. The average molecular weight is 354 g/mol. The van der Waals surface area contributed by atoms with Crippen molar-refractivity contribution in [3.63, 3.8) is 0 Å². The highest BCUT2D eigenvalue weighted by molar-refractivity contribution is 6.32. The van der Waals surface area contributed by atoms with Crippen molar-refractivity contribution >= 4 is 35.1 Å². The monoisotopic (exact) mass is 353 g/mol. The number of carbonyl (C=O) groups is 3. The molecular weight excluding hydrogens is 334 g/mol. The third-order valence-electron chi connectivity index (χ3n) is 3.86. The Bertz CT molecular complexity index is 617. The van der Waals surface area contributed by atoms with E-state index in [0.29, 0.717) is 5.69 Å². The number of ether oxygens (including phenoxy) is 1. The lowest BCUT2D eigenvalue weighted by atomic mass is 9.98.